The molecule has 0 saturated heterocycles. The van der Waals surface area contributed by atoms with E-state index in [-0.39, 0.29) is 0 Å². The van der Waals surface area contributed by atoms with E-state index >= 15 is 0 Å². The first-order chi connectivity index (χ1) is 6.33. The molecule has 0 fully saturated rings. The van der Waals surface area contributed by atoms with E-state index in [1.54, 1.807) is 25.4 Å². The van der Waals surface area contributed by atoms with Crippen LogP contribution in [0.4, 0.5) is 5.69 Å². The van der Waals surface area contributed by atoms with E-state index in [0.29, 0.717) is 24.8 Å². The number of anilines is 1. The Morgan fingerprint density at radius 2 is 2.31 bits per heavy atom. The third kappa shape index (κ3) is 3.75. The number of nitrogens with zero attached hydrogens (tertiary/aromatic N) is 1. The topological polar surface area (TPSA) is 57.4 Å². The summed E-state index contributed by atoms with van der Waals surface area (Å²) in [5.74, 6) is 0.566. The van der Waals surface area contributed by atoms with Crippen LogP contribution in [0.3, 0.4) is 0 Å². The Morgan fingerprint density at radius 1 is 1.46 bits per heavy atom. The number of hydrogen-bond donors (Lipinski definition) is 1. The van der Waals surface area contributed by atoms with E-state index in [2.05, 4.69) is 4.98 Å². The fourth-order valence-electron chi connectivity index (χ4n) is 0.884. The van der Waals surface area contributed by atoms with Crippen molar-refractivity contribution < 1.29 is 9.47 Å². The Balaban J connectivity index is 2.28. The van der Waals surface area contributed by atoms with Gasteiger partial charge in [0.25, 0.3) is 0 Å². The fourth-order valence-corrected chi connectivity index (χ4v) is 0.884. The number of aromatic nitrogens is 1. The number of methoxy groups -OCH3 is 1. The SMILES string of the molecule is COCCCOc1cc(N)ccn1. The van der Waals surface area contributed by atoms with E-state index in [1.807, 2.05) is 0 Å². The number of ether oxygens (including phenoxy) is 2. The molecule has 1 aromatic heterocycles. The predicted octanol–water partition coefficient (Wildman–Crippen LogP) is 1.08. The molecule has 0 radical (unpaired) electrons. The van der Waals surface area contributed by atoms with Crippen molar-refractivity contribution in [3.63, 3.8) is 0 Å². The maximum absolute atomic E-state index is 5.54. The molecule has 0 unspecified atom stereocenters. The summed E-state index contributed by atoms with van der Waals surface area (Å²) in [6.45, 7) is 1.30. The van der Waals surface area contributed by atoms with E-state index in [4.69, 9.17) is 15.2 Å². The van der Waals surface area contributed by atoms with E-state index in [0.717, 1.165) is 6.42 Å². The van der Waals surface area contributed by atoms with E-state index in [1.165, 1.54) is 0 Å². The van der Waals surface area contributed by atoms with Gasteiger partial charge >= 0.3 is 0 Å². The van der Waals surface area contributed by atoms with Gasteiger partial charge in [-0.2, -0.15) is 0 Å². The first kappa shape index (κ1) is 9.80. The fraction of sp³-hybridized carbons (Fsp3) is 0.444. The molecule has 0 aromatic carbocycles. The van der Waals surface area contributed by atoms with Crippen molar-refractivity contribution in [2.24, 2.45) is 0 Å². The van der Waals surface area contributed by atoms with Gasteiger partial charge in [-0.25, -0.2) is 4.98 Å². The Labute approximate surface area is 77.7 Å². The minimum absolute atomic E-state index is 0.566. The summed E-state index contributed by atoms with van der Waals surface area (Å²) in [6, 6.07) is 3.43. The van der Waals surface area contributed by atoms with Crippen LogP contribution in [-0.4, -0.2) is 25.3 Å². The second-order valence-electron chi connectivity index (χ2n) is 2.62. The largest absolute Gasteiger partial charge is 0.478 e. The number of rotatable bonds is 5. The highest BCUT2D eigenvalue weighted by Gasteiger charge is 1.94. The molecule has 0 aliphatic heterocycles. The summed E-state index contributed by atoms with van der Waals surface area (Å²) in [4.78, 5) is 3.99. The molecule has 0 bridgehead atoms. The van der Waals surface area contributed by atoms with Crippen LogP contribution in [0.2, 0.25) is 0 Å². The maximum atomic E-state index is 5.54. The molecule has 4 nitrogen and oxygen atoms in total. The molecular weight excluding hydrogens is 168 g/mol. The molecule has 0 aliphatic carbocycles. The number of nitrogen functional groups attached to an aromatic ring is 1. The van der Waals surface area contributed by atoms with Crippen molar-refractivity contribution in [1.82, 2.24) is 4.98 Å². The van der Waals surface area contributed by atoms with Crippen molar-refractivity contribution in [2.45, 2.75) is 6.42 Å². The molecule has 1 aromatic rings. The van der Waals surface area contributed by atoms with Gasteiger partial charge < -0.3 is 15.2 Å². The lowest BCUT2D eigenvalue weighted by atomic mass is 10.4. The zero-order valence-corrected chi connectivity index (χ0v) is 7.69. The van der Waals surface area contributed by atoms with Crippen LogP contribution in [0.5, 0.6) is 5.88 Å². The Bertz CT molecular complexity index is 253. The van der Waals surface area contributed by atoms with Crippen molar-refractivity contribution in [1.29, 1.82) is 0 Å². The number of nitrogens with two attached hydrogens (primary N) is 1. The molecule has 0 spiro atoms. The Morgan fingerprint density at radius 3 is 3.00 bits per heavy atom. The third-order valence-electron chi connectivity index (χ3n) is 1.50. The first-order valence-electron chi connectivity index (χ1n) is 4.16. The molecule has 72 valence electrons. The number of pyridine rings is 1. The van der Waals surface area contributed by atoms with Crippen LogP contribution < -0.4 is 10.5 Å². The maximum Gasteiger partial charge on any atom is 0.215 e. The molecule has 1 rings (SSSR count). The standard InChI is InChI=1S/C9H14N2O2/c1-12-5-2-6-13-9-7-8(10)3-4-11-9/h3-4,7H,2,5-6H2,1H3,(H2,10,11). The highest BCUT2D eigenvalue weighted by atomic mass is 16.5. The third-order valence-corrected chi connectivity index (χ3v) is 1.50. The zero-order chi connectivity index (χ0) is 9.52. The van der Waals surface area contributed by atoms with Gasteiger partial charge in [-0.1, -0.05) is 0 Å². The summed E-state index contributed by atoms with van der Waals surface area (Å²) in [7, 11) is 1.67. The van der Waals surface area contributed by atoms with Crippen LogP contribution in [0.25, 0.3) is 0 Å². The monoisotopic (exact) mass is 182 g/mol. The van der Waals surface area contributed by atoms with Gasteiger partial charge in [0, 0.05) is 38.1 Å². The lowest BCUT2D eigenvalue weighted by molar-refractivity contribution is 0.170. The highest BCUT2D eigenvalue weighted by molar-refractivity contribution is 5.39. The highest BCUT2D eigenvalue weighted by Crippen LogP contribution is 2.10. The first-order valence-corrected chi connectivity index (χ1v) is 4.16. The normalized spacial score (nSPS) is 9.92. The van der Waals surface area contributed by atoms with Gasteiger partial charge in [0.05, 0.1) is 6.61 Å². The second kappa shape index (κ2) is 5.37. The van der Waals surface area contributed by atoms with Gasteiger partial charge in [-0.15, -0.1) is 0 Å². The van der Waals surface area contributed by atoms with Crippen LogP contribution in [0.15, 0.2) is 18.3 Å². The van der Waals surface area contributed by atoms with Crippen LogP contribution in [0, 0.1) is 0 Å². The summed E-state index contributed by atoms with van der Waals surface area (Å²) in [5.41, 5.74) is 6.21. The van der Waals surface area contributed by atoms with Gasteiger partial charge in [-0.3, -0.25) is 0 Å². The molecule has 1 heterocycles. The molecule has 0 saturated carbocycles. The lowest BCUT2D eigenvalue weighted by Crippen LogP contribution is -2.02. The molecule has 4 heteroatoms. The van der Waals surface area contributed by atoms with Crippen LogP contribution >= 0.6 is 0 Å². The van der Waals surface area contributed by atoms with E-state index < -0.39 is 0 Å². The van der Waals surface area contributed by atoms with Gasteiger partial charge in [0.2, 0.25) is 5.88 Å². The quantitative estimate of drug-likeness (QED) is 0.692. The van der Waals surface area contributed by atoms with Crippen molar-refractivity contribution in [3.05, 3.63) is 18.3 Å². The molecule has 0 atom stereocenters. The molecule has 0 aliphatic rings. The minimum atomic E-state index is 0.566. The van der Waals surface area contributed by atoms with Gasteiger partial charge in [0.1, 0.15) is 0 Å². The molecular formula is C9H14N2O2. The summed E-state index contributed by atoms with van der Waals surface area (Å²) < 4.78 is 10.2. The summed E-state index contributed by atoms with van der Waals surface area (Å²) in [5, 5.41) is 0. The summed E-state index contributed by atoms with van der Waals surface area (Å²) in [6.07, 6.45) is 2.48. The number of hydrogen-bond acceptors (Lipinski definition) is 4. The van der Waals surface area contributed by atoms with Gasteiger partial charge in [-0.05, 0) is 6.07 Å². The molecule has 13 heavy (non-hydrogen) atoms. The average molecular weight is 182 g/mol. The Hall–Kier alpha value is -1.29. The zero-order valence-electron chi connectivity index (χ0n) is 7.69. The van der Waals surface area contributed by atoms with E-state index in [9.17, 15) is 0 Å². The predicted molar refractivity (Wildman–Crippen MR) is 50.6 cm³/mol. The van der Waals surface area contributed by atoms with Crippen molar-refractivity contribution in [2.75, 3.05) is 26.1 Å². The van der Waals surface area contributed by atoms with Crippen LogP contribution in [-0.2, 0) is 4.74 Å². The smallest absolute Gasteiger partial charge is 0.215 e. The van der Waals surface area contributed by atoms with Gasteiger partial charge in [0.15, 0.2) is 0 Å². The van der Waals surface area contributed by atoms with Crippen molar-refractivity contribution >= 4 is 5.69 Å². The Kier molecular flexibility index (Phi) is 4.05. The molecule has 2 N–H and O–H groups in total. The second-order valence-corrected chi connectivity index (χ2v) is 2.62. The lowest BCUT2D eigenvalue weighted by Gasteiger charge is -2.04. The van der Waals surface area contributed by atoms with Crippen LogP contribution in [0.1, 0.15) is 6.42 Å². The minimum Gasteiger partial charge on any atom is -0.478 e. The molecule has 0 amide bonds. The average Bonchev–Trinajstić information content (AvgIpc) is 2.13. The van der Waals surface area contributed by atoms with Crippen molar-refractivity contribution in [3.8, 4) is 5.88 Å². The summed E-state index contributed by atoms with van der Waals surface area (Å²) >= 11 is 0.